The van der Waals surface area contributed by atoms with Gasteiger partial charge in [0, 0.05) is 25.0 Å². The molecule has 1 saturated carbocycles. The first-order valence-corrected chi connectivity index (χ1v) is 9.06. The number of hydrogen-bond acceptors (Lipinski definition) is 2. The average Bonchev–Trinajstić information content (AvgIpc) is 3.09. The number of carbonyl (C=O) groups excluding carboxylic acids is 1. The van der Waals surface area contributed by atoms with Gasteiger partial charge in [0.1, 0.15) is 0 Å². The summed E-state index contributed by atoms with van der Waals surface area (Å²) in [6, 6.07) is 0. The van der Waals surface area contributed by atoms with Crippen LogP contribution in [0.2, 0.25) is 0 Å². The summed E-state index contributed by atoms with van der Waals surface area (Å²) in [6.45, 7) is 8.88. The van der Waals surface area contributed by atoms with Gasteiger partial charge in [-0.15, -0.1) is 0 Å². The van der Waals surface area contributed by atoms with Crippen molar-refractivity contribution in [1.29, 1.82) is 0 Å². The Hall–Kier alpha value is -0.570. The van der Waals surface area contributed by atoms with Crippen LogP contribution in [0.25, 0.3) is 0 Å². The van der Waals surface area contributed by atoms with Crippen LogP contribution in [0.4, 0.5) is 0 Å². The summed E-state index contributed by atoms with van der Waals surface area (Å²) in [4.78, 5) is 15.4. The molecule has 0 bridgehead atoms. The van der Waals surface area contributed by atoms with Crippen LogP contribution < -0.4 is 5.32 Å². The van der Waals surface area contributed by atoms with Crippen molar-refractivity contribution >= 4 is 5.91 Å². The molecule has 2 heterocycles. The lowest BCUT2D eigenvalue weighted by atomic mass is 9.74. The van der Waals surface area contributed by atoms with Gasteiger partial charge >= 0.3 is 0 Å². The van der Waals surface area contributed by atoms with Gasteiger partial charge in [0.05, 0.1) is 0 Å². The molecule has 3 fully saturated rings. The third-order valence-electron chi connectivity index (χ3n) is 6.26. The van der Waals surface area contributed by atoms with E-state index in [0.29, 0.717) is 17.2 Å². The molecule has 2 saturated heterocycles. The van der Waals surface area contributed by atoms with Gasteiger partial charge in [-0.05, 0) is 56.4 Å². The number of rotatable bonds is 3. The molecule has 0 unspecified atom stereocenters. The van der Waals surface area contributed by atoms with Crippen molar-refractivity contribution in [3.8, 4) is 0 Å². The molecular weight excluding hydrogens is 260 g/mol. The highest BCUT2D eigenvalue weighted by Gasteiger charge is 2.46. The van der Waals surface area contributed by atoms with Crippen LogP contribution in [-0.2, 0) is 4.79 Å². The van der Waals surface area contributed by atoms with Crippen molar-refractivity contribution in [2.75, 3.05) is 26.2 Å². The second-order valence-corrected chi connectivity index (χ2v) is 8.30. The molecule has 3 heteroatoms. The summed E-state index contributed by atoms with van der Waals surface area (Å²) in [5.74, 6) is 1.12. The van der Waals surface area contributed by atoms with Crippen LogP contribution in [0.15, 0.2) is 0 Å². The van der Waals surface area contributed by atoms with E-state index in [1.165, 1.54) is 45.2 Å². The molecule has 120 valence electrons. The fourth-order valence-electron chi connectivity index (χ4n) is 5.08. The Kier molecular flexibility index (Phi) is 4.31. The number of hydrogen-bond donors (Lipinski definition) is 1. The molecule has 0 atom stereocenters. The predicted molar refractivity (Wildman–Crippen MR) is 86.1 cm³/mol. The number of amides is 1. The number of likely N-dealkylation sites (tertiary alicyclic amines) is 1. The van der Waals surface area contributed by atoms with Gasteiger partial charge in [-0.25, -0.2) is 0 Å². The Morgan fingerprint density at radius 1 is 1.10 bits per heavy atom. The largest absolute Gasteiger partial charge is 0.342 e. The third kappa shape index (κ3) is 2.99. The Labute approximate surface area is 129 Å². The third-order valence-corrected chi connectivity index (χ3v) is 6.26. The first-order chi connectivity index (χ1) is 10.1. The van der Waals surface area contributed by atoms with Gasteiger partial charge < -0.3 is 10.2 Å². The van der Waals surface area contributed by atoms with Gasteiger partial charge in [-0.1, -0.05) is 26.7 Å². The Bertz CT molecular complexity index is 369. The molecule has 0 aromatic carbocycles. The zero-order valence-electron chi connectivity index (χ0n) is 13.9. The lowest BCUT2D eigenvalue weighted by molar-refractivity contribution is -0.145. The Morgan fingerprint density at radius 2 is 1.76 bits per heavy atom. The molecule has 1 N–H and O–H groups in total. The van der Waals surface area contributed by atoms with Crippen molar-refractivity contribution in [2.45, 2.75) is 65.2 Å². The topological polar surface area (TPSA) is 32.3 Å². The fraction of sp³-hybridized carbons (Fsp3) is 0.944. The first kappa shape index (κ1) is 15.3. The second-order valence-electron chi connectivity index (χ2n) is 8.30. The summed E-state index contributed by atoms with van der Waals surface area (Å²) in [6.07, 6.45) is 9.59. The summed E-state index contributed by atoms with van der Waals surface area (Å²) in [5, 5.41) is 3.51. The number of nitrogens with one attached hydrogen (secondary N) is 1. The highest BCUT2D eigenvalue weighted by atomic mass is 16.2. The minimum absolute atomic E-state index is 0.00735. The molecular formula is C18H32N2O. The minimum atomic E-state index is -0.00735. The summed E-state index contributed by atoms with van der Waals surface area (Å²) >= 11 is 0. The quantitative estimate of drug-likeness (QED) is 0.866. The highest BCUT2D eigenvalue weighted by molar-refractivity contribution is 5.83. The van der Waals surface area contributed by atoms with E-state index in [1.54, 1.807) is 0 Å². The van der Waals surface area contributed by atoms with Gasteiger partial charge in [0.15, 0.2) is 0 Å². The summed E-state index contributed by atoms with van der Waals surface area (Å²) in [5.41, 5.74) is 0.504. The molecule has 1 spiro atoms. The van der Waals surface area contributed by atoms with Crippen LogP contribution in [0.1, 0.15) is 65.2 Å². The van der Waals surface area contributed by atoms with Crippen molar-refractivity contribution in [3.63, 3.8) is 0 Å². The van der Waals surface area contributed by atoms with E-state index in [-0.39, 0.29) is 5.41 Å². The van der Waals surface area contributed by atoms with E-state index in [2.05, 4.69) is 24.1 Å². The first-order valence-electron chi connectivity index (χ1n) is 9.06. The maximum Gasteiger partial charge on any atom is 0.228 e. The minimum Gasteiger partial charge on any atom is -0.342 e. The summed E-state index contributed by atoms with van der Waals surface area (Å²) < 4.78 is 0. The number of carbonyl (C=O) groups is 1. The van der Waals surface area contributed by atoms with Gasteiger partial charge in [-0.3, -0.25) is 4.79 Å². The van der Waals surface area contributed by atoms with Crippen molar-refractivity contribution < 1.29 is 4.79 Å². The maximum atomic E-state index is 13.2. The second kappa shape index (κ2) is 5.91. The van der Waals surface area contributed by atoms with Crippen LogP contribution in [0, 0.1) is 16.7 Å². The smallest absolute Gasteiger partial charge is 0.228 e. The Morgan fingerprint density at radius 3 is 2.29 bits per heavy atom. The van der Waals surface area contributed by atoms with Crippen molar-refractivity contribution in [2.24, 2.45) is 16.7 Å². The standard InChI is InChI=1S/C18H32N2O/c1-15(2)13-18(5-3-4-6-18)16(21)20-11-8-17(9-12-20)7-10-19-14-17/h15,19H,3-14H2,1-2H3. The van der Waals surface area contributed by atoms with E-state index < -0.39 is 0 Å². The van der Waals surface area contributed by atoms with Crippen molar-refractivity contribution in [3.05, 3.63) is 0 Å². The normalized spacial score (nSPS) is 27.7. The molecule has 0 radical (unpaired) electrons. The Balaban J connectivity index is 1.64. The van der Waals surface area contributed by atoms with Crippen LogP contribution in [0.3, 0.4) is 0 Å². The zero-order valence-corrected chi connectivity index (χ0v) is 13.9. The van der Waals surface area contributed by atoms with Crippen LogP contribution in [0.5, 0.6) is 0 Å². The summed E-state index contributed by atoms with van der Waals surface area (Å²) in [7, 11) is 0. The lowest BCUT2D eigenvalue weighted by Gasteiger charge is -2.43. The van der Waals surface area contributed by atoms with Gasteiger partial charge in [0.25, 0.3) is 0 Å². The van der Waals surface area contributed by atoms with Crippen LogP contribution >= 0.6 is 0 Å². The van der Waals surface area contributed by atoms with Crippen LogP contribution in [-0.4, -0.2) is 37.0 Å². The molecule has 3 nitrogen and oxygen atoms in total. The molecule has 3 rings (SSSR count). The monoisotopic (exact) mass is 292 g/mol. The van der Waals surface area contributed by atoms with E-state index in [9.17, 15) is 4.79 Å². The van der Waals surface area contributed by atoms with Crippen molar-refractivity contribution in [1.82, 2.24) is 10.2 Å². The molecule has 2 aliphatic heterocycles. The zero-order chi connectivity index (χ0) is 14.9. The van der Waals surface area contributed by atoms with E-state index in [1.807, 2.05) is 0 Å². The van der Waals surface area contributed by atoms with E-state index in [4.69, 9.17) is 0 Å². The molecule has 1 amide bonds. The number of piperidine rings is 1. The lowest BCUT2D eigenvalue weighted by Crippen LogP contribution is -2.49. The van der Waals surface area contributed by atoms with Gasteiger partial charge in [-0.2, -0.15) is 0 Å². The molecule has 0 aromatic heterocycles. The molecule has 21 heavy (non-hydrogen) atoms. The molecule has 0 aromatic rings. The number of nitrogens with zero attached hydrogens (tertiary/aromatic N) is 1. The average molecular weight is 292 g/mol. The van der Waals surface area contributed by atoms with Gasteiger partial charge in [0.2, 0.25) is 5.91 Å². The fourth-order valence-corrected chi connectivity index (χ4v) is 5.08. The SMILES string of the molecule is CC(C)CC1(C(=O)N2CCC3(CCNC3)CC2)CCCC1. The van der Waals surface area contributed by atoms with E-state index in [0.717, 1.165) is 32.4 Å². The maximum absolute atomic E-state index is 13.2. The van der Waals surface area contributed by atoms with E-state index >= 15 is 0 Å². The predicted octanol–water partition coefficient (Wildman–Crippen LogP) is 3.20. The molecule has 1 aliphatic carbocycles. The highest BCUT2D eigenvalue weighted by Crippen LogP contribution is 2.46. The molecule has 3 aliphatic rings.